The molecule has 6 fully saturated rings. The van der Waals surface area contributed by atoms with Crippen molar-refractivity contribution < 1.29 is 33.0 Å². The fraction of sp³-hybridized carbons (Fsp3) is 0.447. The molecule has 3 unspecified atom stereocenters. The van der Waals surface area contributed by atoms with E-state index in [0.29, 0.717) is 135 Å². The van der Waals surface area contributed by atoms with Gasteiger partial charge in [0.25, 0.3) is 0 Å². The summed E-state index contributed by atoms with van der Waals surface area (Å²) in [6.45, 7) is 48.1. The summed E-state index contributed by atoms with van der Waals surface area (Å²) in [4.78, 5) is 113. The lowest BCUT2D eigenvalue weighted by Gasteiger charge is -2.41. The number of carbonyl (C=O) groups is 3. The smallest absolute Gasteiger partial charge is 0.318 e. The molecule has 6 saturated heterocycles. The lowest BCUT2D eigenvalue weighted by Crippen LogP contribution is -2.56. The number of benzene rings is 4. The van der Waals surface area contributed by atoms with E-state index in [1.807, 2.05) is 55.0 Å². The monoisotopic (exact) mass is 1780 g/mol. The number of fused-ring (bicyclic) bond motifs is 6. The van der Waals surface area contributed by atoms with Gasteiger partial charge in [-0.15, -0.1) is 0 Å². The molecule has 9 aliphatic heterocycles. The van der Waals surface area contributed by atoms with E-state index in [2.05, 4.69) is 147 Å². The van der Waals surface area contributed by atoms with Crippen molar-refractivity contribution in [3.05, 3.63) is 221 Å². The van der Waals surface area contributed by atoms with Crippen LogP contribution in [0.25, 0.3) is 46.9 Å². The Kier molecular flexibility index (Phi) is 31.3. The molecule has 127 heavy (non-hydrogen) atoms. The molecule has 0 bridgehead atoms. The molecular formula is C94H114FN23O6S3. The van der Waals surface area contributed by atoms with Crippen LogP contribution in [0.4, 0.5) is 39.0 Å². The summed E-state index contributed by atoms with van der Waals surface area (Å²) in [5.41, 5.74) is 8.33. The van der Waals surface area contributed by atoms with Crippen LogP contribution in [-0.4, -0.2) is 282 Å². The van der Waals surface area contributed by atoms with Crippen molar-refractivity contribution >= 4 is 125 Å². The van der Waals surface area contributed by atoms with Crippen LogP contribution in [0.5, 0.6) is 18.0 Å². The van der Waals surface area contributed by atoms with Crippen molar-refractivity contribution in [2.75, 3.05) is 188 Å². The standard InChI is InChI=1S/C32H36FN7O2.2C31H36N8O2.3H2S/c1-4-30(41)40-16-15-39(19-25(40)18-34-2)31-27-12-14-38(29-9-5-7-22-17-23(33)10-11-26(22)29)20-28(27)35-32(36-31)42-21-24-8-6-13-37(24)3;1-4-29(40)39-16-15-38(19-24(39)18-32-2)30-26-11-14-37(28-9-5-7-22-17-33-12-10-25(22)28)20-27(26)34-31(35-30)41-21-23-8-6-13-36(23)3;1-4-28(40)39-17-16-38(19-24(39)18-32-2)30-26-12-15-37(29-25-10-6-5-8-22(25)11-13-33-29)20-27(26)34-31(35-30)41-21-23-9-7-14-36(23)3;;;/h4-5,7,9-11,17,24-25H,1,6,8,12-16,18-21H2,3H3;4-5,7,9-10,12,17,23-24H,1,6,8,11,13-16,18-21H2,3H3;4-6,8,10-11,13,23-24H,1,7,9,12,14-21H2,3H3;3*1H2/t24-,25?;2*23-,24?;;;/m000.../s1. The maximum atomic E-state index is 14.0. The number of halogens is 1. The zero-order valence-corrected chi connectivity index (χ0v) is 75.7. The fourth-order valence-corrected chi connectivity index (χ4v) is 19.2. The minimum atomic E-state index is -0.250. The van der Waals surface area contributed by atoms with Crippen LogP contribution < -0.4 is 43.6 Å². The van der Waals surface area contributed by atoms with Gasteiger partial charge in [0.15, 0.2) is 0 Å². The Morgan fingerprint density at radius 1 is 0.425 bits per heavy atom. The van der Waals surface area contributed by atoms with Gasteiger partial charge in [-0.2, -0.15) is 70.4 Å². The number of pyridine rings is 2. The van der Waals surface area contributed by atoms with E-state index in [1.165, 1.54) is 48.2 Å². The Bertz CT molecular complexity index is 5370. The summed E-state index contributed by atoms with van der Waals surface area (Å²) >= 11 is 0. The van der Waals surface area contributed by atoms with E-state index in [0.717, 1.165) is 174 Å². The number of piperazine rings is 3. The highest BCUT2D eigenvalue weighted by Crippen LogP contribution is 2.40. The molecular weight excluding hydrogens is 1660 g/mol. The highest BCUT2D eigenvalue weighted by molar-refractivity contribution is 7.59. The third-order valence-electron chi connectivity index (χ3n) is 26.0. The van der Waals surface area contributed by atoms with Crippen LogP contribution in [0.15, 0.2) is 148 Å². The van der Waals surface area contributed by atoms with Gasteiger partial charge in [-0.25, -0.2) is 29.1 Å². The van der Waals surface area contributed by atoms with Crippen LogP contribution in [-0.2, 0) is 53.3 Å². The van der Waals surface area contributed by atoms with Crippen LogP contribution in [0.3, 0.4) is 0 Å². The lowest BCUT2D eigenvalue weighted by atomic mass is 10.0. The number of nitrogens with zero attached hydrogens (tertiary/aromatic N) is 23. The molecule has 0 N–H and O–H groups in total. The molecule has 4 aromatic carbocycles. The molecule has 9 aliphatic rings. The predicted octanol–water partition coefficient (Wildman–Crippen LogP) is 10.6. The van der Waals surface area contributed by atoms with E-state index in [4.69, 9.17) is 68.8 Å². The quantitative estimate of drug-likeness (QED) is 0.0480. The minimum absolute atomic E-state index is 0. The topological polar surface area (TPSA) is 234 Å². The van der Waals surface area contributed by atoms with Gasteiger partial charge in [-0.1, -0.05) is 68.3 Å². The molecule has 666 valence electrons. The summed E-state index contributed by atoms with van der Waals surface area (Å²) in [6, 6.07) is 31.1. The highest BCUT2D eigenvalue weighted by Gasteiger charge is 2.40. The van der Waals surface area contributed by atoms with Gasteiger partial charge < -0.3 is 87.5 Å². The number of carbonyl (C=O) groups excluding carboxylic acids is 3. The Morgan fingerprint density at radius 2 is 0.827 bits per heavy atom. The molecule has 5 aromatic heterocycles. The first kappa shape index (κ1) is 93.0. The van der Waals surface area contributed by atoms with E-state index < -0.39 is 0 Å². The second-order valence-electron chi connectivity index (χ2n) is 33.4. The van der Waals surface area contributed by atoms with Gasteiger partial charge in [0.05, 0.1) is 36.7 Å². The molecule has 0 aliphatic carbocycles. The fourth-order valence-electron chi connectivity index (χ4n) is 19.2. The minimum Gasteiger partial charge on any atom is -0.462 e. The Hall–Kier alpha value is -11.6. The van der Waals surface area contributed by atoms with Crippen molar-refractivity contribution in [2.45, 2.75) is 114 Å². The average Bonchev–Trinajstić information content (AvgIpc) is 1.13. The number of hydrogen-bond acceptors (Lipinski definition) is 23. The summed E-state index contributed by atoms with van der Waals surface area (Å²) in [7, 11) is 6.39. The molecule has 6 atom stereocenters. The number of amides is 3. The van der Waals surface area contributed by atoms with E-state index in [9.17, 15) is 18.8 Å². The van der Waals surface area contributed by atoms with Crippen molar-refractivity contribution in [3.63, 3.8) is 0 Å². The first-order valence-corrected chi connectivity index (χ1v) is 43.4. The molecule has 9 aromatic rings. The number of likely N-dealkylation sites (N-methyl/N-ethyl adjacent to an activating group) is 3. The third-order valence-corrected chi connectivity index (χ3v) is 26.0. The van der Waals surface area contributed by atoms with Gasteiger partial charge in [0.1, 0.15) is 67.0 Å². The van der Waals surface area contributed by atoms with Crippen LogP contribution in [0.1, 0.15) is 72.3 Å². The van der Waals surface area contributed by atoms with Gasteiger partial charge in [0.2, 0.25) is 37.4 Å². The van der Waals surface area contributed by atoms with Crippen molar-refractivity contribution in [1.82, 2.24) is 69.3 Å². The summed E-state index contributed by atoms with van der Waals surface area (Å²) in [5, 5.41) is 6.44. The number of aromatic nitrogens is 8. The molecule has 0 spiro atoms. The van der Waals surface area contributed by atoms with Crippen molar-refractivity contribution in [1.29, 1.82) is 0 Å². The average molecular weight is 1780 g/mol. The number of likely N-dealkylation sites (tertiary alicyclic amines) is 3. The van der Waals surface area contributed by atoms with Gasteiger partial charge in [-0.3, -0.25) is 19.4 Å². The van der Waals surface area contributed by atoms with E-state index in [1.54, 1.807) is 20.8 Å². The zero-order chi connectivity index (χ0) is 85.9. The number of ether oxygens (including phenoxy) is 3. The first-order chi connectivity index (χ1) is 60.5. The molecule has 0 saturated carbocycles. The lowest BCUT2D eigenvalue weighted by molar-refractivity contribution is -0.129. The Balaban J connectivity index is 0.000000161. The summed E-state index contributed by atoms with van der Waals surface area (Å²) in [6.07, 6.45) is 18.7. The van der Waals surface area contributed by atoms with Crippen LogP contribution in [0, 0.1) is 25.5 Å². The number of hydrogen-bond donors (Lipinski definition) is 0. The number of anilines is 6. The molecule has 0 radical (unpaired) electrons. The zero-order valence-electron chi connectivity index (χ0n) is 72.7. The number of rotatable bonds is 21. The SMILES string of the molecule is S.S.S.[C-]#[N+]CC1CN(c2nc(OC[C@@H]3CCCN3C)nc3c2CCN(c2cccc4cc(F)ccc24)C3)CCN1C(=O)C=C.[C-]#[N+]CC1CN(c2nc(OC[C@@H]3CCCN3C)nc3c2CCN(c2cccc4cnccc24)C3)CCN1C(=O)C=C.[C-]#[N+]CC1CN(c2nc(OC[C@@H]3CCCN3C)nc3c2CCN(c2nccc4ccccc24)C3)CCN1C(=O)C=C. The third kappa shape index (κ3) is 20.8. The second-order valence-corrected chi connectivity index (χ2v) is 33.4. The second kappa shape index (κ2) is 42.8. The first-order valence-electron chi connectivity index (χ1n) is 43.4. The summed E-state index contributed by atoms with van der Waals surface area (Å²) < 4.78 is 32.8. The maximum Gasteiger partial charge on any atom is 0.318 e. The largest absolute Gasteiger partial charge is 0.462 e. The maximum absolute atomic E-state index is 14.0. The molecule has 33 heteroatoms. The van der Waals surface area contributed by atoms with Crippen molar-refractivity contribution in [2.24, 2.45) is 0 Å². The van der Waals surface area contributed by atoms with E-state index >= 15 is 0 Å². The summed E-state index contributed by atoms with van der Waals surface area (Å²) in [5.74, 6) is 2.85. The molecule has 3 amide bonds. The Morgan fingerprint density at radius 3 is 1.24 bits per heavy atom. The molecule has 29 nitrogen and oxygen atoms in total. The predicted molar refractivity (Wildman–Crippen MR) is 510 cm³/mol. The Labute approximate surface area is 764 Å². The van der Waals surface area contributed by atoms with Gasteiger partial charge in [0, 0.05) is 165 Å². The highest BCUT2D eigenvalue weighted by atomic mass is 32.1. The van der Waals surface area contributed by atoms with Crippen LogP contribution >= 0.6 is 40.5 Å². The molecule has 18 rings (SSSR count). The van der Waals surface area contributed by atoms with Crippen LogP contribution in [0.2, 0.25) is 0 Å². The van der Waals surface area contributed by atoms with Gasteiger partial charge >= 0.3 is 18.0 Å². The normalized spacial score (nSPS) is 20.5. The van der Waals surface area contributed by atoms with Gasteiger partial charge in [-0.05, 0) is 170 Å². The van der Waals surface area contributed by atoms with E-state index in [-0.39, 0.29) is 102 Å². The van der Waals surface area contributed by atoms with Crippen molar-refractivity contribution in [3.8, 4) is 18.0 Å². The molecule has 14 heterocycles.